The van der Waals surface area contributed by atoms with Gasteiger partial charge in [-0.25, -0.2) is 0 Å². The van der Waals surface area contributed by atoms with Crippen LogP contribution >= 0.6 is 0 Å². The molecule has 2 unspecified atom stereocenters. The molecule has 0 saturated heterocycles. The highest BCUT2D eigenvalue weighted by Crippen LogP contribution is 2.45. The van der Waals surface area contributed by atoms with Crippen molar-refractivity contribution in [2.24, 2.45) is 11.3 Å². The number of unbranched alkanes of at least 4 members (excludes halogenated alkanes) is 36. The molecule has 0 saturated carbocycles. The molecule has 0 rings (SSSR count). The highest BCUT2D eigenvalue weighted by molar-refractivity contribution is 5.75. The largest absolute Gasteiger partial charge is 0.481 e. The van der Waals surface area contributed by atoms with Gasteiger partial charge in [0.25, 0.3) is 0 Å². The molecule has 0 spiro atoms. The topological polar surface area (TPSA) is 37.3 Å². The van der Waals surface area contributed by atoms with Crippen LogP contribution in [0.25, 0.3) is 0 Å². The number of carboxylic acid groups (broad SMARTS) is 1. The molecule has 56 heavy (non-hydrogen) atoms. The van der Waals surface area contributed by atoms with E-state index in [0.29, 0.717) is 5.92 Å². The predicted octanol–water partition coefficient (Wildman–Crippen LogP) is 19.9. The van der Waals surface area contributed by atoms with Gasteiger partial charge in [-0.2, -0.15) is 0 Å². The van der Waals surface area contributed by atoms with Crippen LogP contribution in [0.3, 0.4) is 0 Å². The van der Waals surface area contributed by atoms with Crippen LogP contribution < -0.4 is 0 Å². The average molecular weight is 787 g/mol. The molecule has 0 aromatic heterocycles. The summed E-state index contributed by atoms with van der Waals surface area (Å²) in [6.45, 7) is 9.18. The number of hydrogen-bond donors (Lipinski definition) is 1. The molecule has 0 radical (unpaired) electrons. The summed E-state index contributed by atoms with van der Waals surface area (Å²) in [7, 11) is 0. The highest BCUT2D eigenvalue weighted by atomic mass is 16.4. The van der Waals surface area contributed by atoms with E-state index in [4.69, 9.17) is 0 Å². The Bertz CT molecular complexity index is 787. The van der Waals surface area contributed by atoms with Crippen LogP contribution in [0.1, 0.15) is 317 Å². The van der Waals surface area contributed by atoms with Crippen LogP contribution in [-0.2, 0) is 4.79 Å². The van der Waals surface area contributed by atoms with Gasteiger partial charge in [0.05, 0.1) is 5.41 Å². The summed E-state index contributed by atoms with van der Waals surface area (Å²) in [5, 5.41) is 11.2. The van der Waals surface area contributed by atoms with Crippen molar-refractivity contribution >= 4 is 5.97 Å². The SMILES string of the molecule is CCCCCCCC/C=C\CCCCCCCCCC(CCCCCCCCCCCC)C(CCCCCCCC)(CCCCCCCCCCCC)C(=O)O. The fraction of sp³-hybridized carbons (Fsp3) is 0.944. The van der Waals surface area contributed by atoms with Gasteiger partial charge in [-0.05, 0) is 57.3 Å². The first-order valence-electron chi connectivity index (χ1n) is 26.5. The van der Waals surface area contributed by atoms with E-state index in [2.05, 4.69) is 39.8 Å². The average Bonchev–Trinajstić information content (AvgIpc) is 3.20. The Labute approximate surface area is 354 Å². The normalized spacial score (nSPS) is 13.5. The van der Waals surface area contributed by atoms with Crippen LogP contribution in [0, 0.1) is 11.3 Å². The third-order valence-electron chi connectivity index (χ3n) is 13.4. The van der Waals surface area contributed by atoms with Crippen molar-refractivity contribution in [1.82, 2.24) is 0 Å². The molecule has 2 atom stereocenters. The summed E-state index contributed by atoms with van der Waals surface area (Å²) in [4.78, 5) is 13.6. The molecule has 0 amide bonds. The Morgan fingerprint density at radius 1 is 0.357 bits per heavy atom. The van der Waals surface area contributed by atoms with E-state index in [1.165, 1.54) is 250 Å². The van der Waals surface area contributed by atoms with Gasteiger partial charge in [-0.1, -0.05) is 277 Å². The highest BCUT2D eigenvalue weighted by Gasteiger charge is 2.43. The summed E-state index contributed by atoms with van der Waals surface area (Å²) in [6.07, 6.45) is 63.4. The van der Waals surface area contributed by atoms with E-state index in [-0.39, 0.29) is 0 Å². The van der Waals surface area contributed by atoms with Crippen molar-refractivity contribution < 1.29 is 9.90 Å². The predicted molar refractivity (Wildman–Crippen MR) is 253 cm³/mol. The van der Waals surface area contributed by atoms with Gasteiger partial charge in [0, 0.05) is 0 Å². The second-order valence-electron chi connectivity index (χ2n) is 18.7. The third kappa shape index (κ3) is 35.2. The first-order chi connectivity index (χ1) is 27.6. The molecule has 0 bridgehead atoms. The number of aliphatic carboxylic acids is 1. The monoisotopic (exact) mass is 787 g/mol. The molecule has 2 nitrogen and oxygen atoms in total. The van der Waals surface area contributed by atoms with Crippen molar-refractivity contribution in [2.75, 3.05) is 0 Å². The standard InChI is InChI=1S/C54H106O2/c1-5-9-13-17-21-24-27-28-29-30-31-32-33-35-38-41-45-49-52(48-44-40-37-34-25-22-18-14-10-6-2)54(53(55)56,50-46-42-20-16-12-8-4)51-47-43-39-36-26-23-19-15-11-7-3/h28-29,52H,5-27,30-51H2,1-4H3,(H,55,56)/b29-28-. The van der Waals surface area contributed by atoms with Gasteiger partial charge < -0.3 is 5.11 Å². The maximum atomic E-state index is 13.6. The zero-order valence-electron chi connectivity index (χ0n) is 39.4. The first kappa shape index (κ1) is 55.2. The Morgan fingerprint density at radius 2 is 0.589 bits per heavy atom. The second-order valence-corrected chi connectivity index (χ2v) is 18.7. The number of rotatable bonds is 48. The molecular weight excluding hydrogens is 681 g/mol. The molecule has 2 heteroatoms. The van der Waals surface area contributed by atoms with E-state index in [9.17, 15) is 9.90 Å². The fourth-order valence-corrected chi connectivity index (χ4v) is 9.46. The quantitative estimate of drug-likeness (QED) is 0.0493. The molecule has 0 aromatic carbocycles. The van der Waals surface area contributed by atoms with Crippen molar-refractivity contribution in [1.29, 1.82) is 0 Å². The molecule has 0 aliphatic heterocycles. The minimum Gasteiger partial charge on any atom is -0.481 e. The minimum absolute atomic E-state index is 0.353. The zero-order valence-corrected chi connectivity index (χ0v) is 39.4. The second kappa shape index (κ2) is 45.3. The molecule has 1 N–H and O–H groups in total. The van der Waals surface area contributed by atoms with Crippen LogP contribution in [-0.4, -0.2) is 11.1 Å². The summed E-state index contributed by atoms with van der Waals surface area (Å²) < 4.78 is 0. The first-order valence-corrected chi connectivity index (χ1v) is 26.5. The lowest BCUT2D eigenvalue weighted by molar-refractivity contribution is -0.155. The van der Waals surface area contributed by atoms with Gasteiger partial charge in [-0.3, -0.25) is 4.79 Å². The van der Waals surface area contributed by atoms with Gasteiger partial charge in [0.2, 0.25) is 0 Å². The molecule has 0 fully saturated rings. The number of allylic oxidation sites excluding steroid dienone is 2. The Hall–Kier alpha value is -0.790. The van der Waals surface area contributed by atoms with Gasteiger partial charge in [-0.15, -0.1) is 0 Å². The fourth-order valence-electron chi connectivity index (χ4n) is 9.46. The summed E-state index contributed by atoms with van der Waals surface area (Å²) in [6, 6.07) is 0. The molecule has 0 heterocycles. The summed E-state index contributed by atoms with van der Waals surface area (Å²) >= 11 is 0. The van der Waals surface area contributed by atoms with Crippen molar-refractivity contribution in [3.63, 3.8) is 0 Å². The maximum absolute atomic E-state index is 13.6. The minimum atomic E-state index is -0.507. The Kier molecular flexibility index (Phi) is 44.7. The molecule has 334 valence electrons. The summed E-state index contributed by atoms with van der Waals surface area (Å²) in [5.74, 6) is -0.0912. The van der Waals surface area contributed by atoms with Crippen molar-refractivity contribution in [3.05, 3.63) is 12.2 Å². The lowest BCUT2D eigenvalue weighted by atomic mass is 9.65. The van der Waals surface area contributed by atoms with Gasteiger partial charge in [0.15, 0.2) is 0 Å². The van der Waals surface area contributed by atoms with E-state index >= 15 is 0 Å². The molecule has 0 aliphatic rings. The lowest BCUT2D eigenvalue weighted by Crippen LogP contribution is -2.39. The zero-order chi connectivity index (χ0) is 40.9. The number of carboxylic acids is 1. The van der Waals surface area contributed by atoms with Crippen LogP contribution in [0.4, 0.5) is 0 Å². The van der Waals surface area contributed by atoms with Crippen LogP contribution in [0.2, 0.25) is 0 Å². The van der Waals surface area contributed by atoms with E-state index in [0.717, 1.165) is 38.5 Å². The summed E-state index contributed by atoms with van der Waals surface area (Å²) in [5.41, 5.74) is -0.507. The van der Waals surface area contributed by atoms with Crippen LogP contribution in [0.15, 0.2) is 12.2 Å². The Balaban J connectivity index is 5.09. The molecule has 0 aromatic rings. The van der Waals surface area contributed by atoms with Gasteiger partial charge >= 0.3 is 5.97 Å². The lowest BCUT2D eigenvalue weighted by Gasteiger charge is -2.38. The maximum Gasteiger partial charge on any atom is 0.309 e. The molecular formula is C54H106O2. The number of hydrogen-bond acceptors (Lipinski definition) is 1. The third-order valence-corrected chi connectivity index (χ3v) is 13.4. The Morgan fingerprint density at radius 3 is 0.857 bits per heavy atom. The number of carbonyl (C=O) groups is 1. The van der Waals surface area contributed by atoms with E-state index in [1.54, 1.807) is 0 Å². The van der Waals surface area contributed by atoms with Crippen LogP contribution in [0.5, 0.6) is 0 Å². The van der Waals surface area contributed by atoms with E-state index in [1.807, 2.05) is 0 Å². The molecule has 0 aliphatic carbocycles. The van der Waals surface area contributed by atoms with E-state index < -0.39 is 11.4 Å². The van der Waals surface area contributed by atoms with Gasteiger partial charge in [0.1, 0.15) is 0 Å². The smallest absolute Gasteiger partial charge is 0.309 e. The van der Waals surface area contributed by atoms with Crippen molar-refractivity contribution in [2.45, 2.75) is 317 Å². The van der Waals surface area contributed by atoms with Crippen molar-refractivity contribution in [3.8, 4) is 0 Å².